The van der Waals surface area contributed by atoms with Gasteiger partial charge in [-0.1, -0.05) is 36.4 Å². The molecule has 1 N–H and O–H groups in total. The summed E-state index contributed by atoms with van der Waals surface area (Å²) in [6, 6.07) is 18.0. The number of benzene rings is 2. The summed E-state index contributed by atoms with van der Waals surface area (Å²) >= 11 is 0. The van der Waals surface area contributed by atoms with Crippen LogP contribution in [0.3, 0.4) is 0 Å². The monoisotopic (exact) mass is 392 g/mol. The fourth-order valence-electron chi connectivity index (χ4n) is 4.31. The third-order valence-electron chi connectivity index (χ3n) is 5.87. The minimum Gasteiger partial charge on any atom is -0.368 e. The second kappa shape index (κ2) is 8.12. The number of nitriles is 1. The lowest BCUT2D eigenvalue weighted by Gasteiger charge is -2.25. The molecule has 3 atom stereocenters. The number of hydrogen-bond acceptors (Lipinski definition) is 3. The number of likely N-dealkylation sites (tertiary alicyclic amines) is 1. The number of halogens is 1. The zero-order chi connectivity index (χ0) is 20.4. The predicted molar refractivity (Wildman–Crippen MR) is 111 cm³/mol. The van der Waals surface area contributed by atoms with E-state index in [1.54, 1.807) is 4.90 Å². The first-order chi connectivity index (χ1) is 14.0. The van der Waals surface area contributed by atoms with E-state index in [1.807, 2.05) is 55.5 Å². The van der Waals surface area contributed by atoms with Crippen LogP contribution in [0.15, 0.2) is 48.5 Å². The predicted octanol–water partition coefficient (Wildman–Crippen LogP) is 3.95. The molecular weight excluding hydrogens is 367 g/mol. The normalized spacial score (nSPS) is 23.8. The minimum absolute atomic E-state index is 0.00583. The summed E-state index contributed by atoms with van der Waals surface area (Å²) in [4.78, 5) is 16.2. The van der Waals surface area contributed by atoms with Crippen LogP contribution in [0.5, 0.6) is 0 Å². The highest BCUT2D eigenvalue weighted by atomic mass is 19.1. The Morgan fingerprint density at radius 1 is 1.17 bits per heavy atom. The maximum atomic E-state index is 13.6. The Hall–Kier alpha value is -3.07. The molecule has 150 valence electrons. The van der Waals surface area contributed by atoms with Crippen molar-refractivity contribution in [1.29, 1.82) is 5.26 Å². The molecule has 0 unspecified atom stereocenters. The lowest BCUT2D eigenvalue weighted by Crippen LogP contribution is -2.47. The fraction of sp³-hybridized carbons (Fsp3) is 0.391. The number of anilines is 1. The van der Waals surface area contributed by atoms with Gasteiger partial charge in [0.1, 0.15) is 12.2 Å². The van der Waals surface area contributed by atoms with Gasteiger partial charge in [-0.25, -0.2) is 9.18 Å². The summed E-state index contributed by atoms with van der Waals surface area (Å²) < 4.78 is 13.6. The zero-order valence-corrected chi connectivity index (χ0v) is 16.5. The van der Waals surface area contributed by atoms with Crippen molar-refractivity contribution in [2.45, 2.75) is 38.0 Å². The quantitative estimate of drug-likeness (QED) is 0.861. The molecule has 2 aromatic carbocycles. The van der Waals surface area contributed by atoms with Crippen LogP contribution in [0.4, 0.5) is 14.9 Å². The Morgan fingerprint density at radius 2 is 1.97 bits per heavy atom. The highest BCUT2D eigenvalue weighted by Gasteiger charge is 2.34. The number of urea groups is 1. The number of carbonyl (C=O) groups excluding carboxylic acids is 1. The van der Waals surface area contributed by atoms with Crippen molar-refractivity contribution >= 4 is 11.7 Å². The van der Waals surface area contributed by atoms with Gasteiger partial charge in [0.15, 0.2) is 0 Å². The fourth-order valence-corrected chi connectivity index (χ4v) is 4.31. The van der Waals surface area contributed by atoms with E-state index in [1.165, 1.54) is 0 Å². The van der Waals surface area contributed by atoms with Crippen LogP contribution < -0.4 is 10.2 Å². The summed E-state index contributed by atoms with van der Waals surface area (Å²) in [5.41, 5.74) is 3.61. The van der Waals surface area contributed by atoms with Gasteiger partial charge >= 0.3 is 6.03 Å². The largest absolute Gasteiger partial charge is 0.368 e. The number of nitrogens with zero attached hydrogens (tertiary/aromatic N) is 3. The number of hydrogen-bond donors (Lipinski definition) is 1. The van der Waals surface area contributed by atoms with Crippen LogP contribution in [0.2, 0.25) is 0 Å². The van der Waals surface area contributed by atoms with Gasteiger partial charge in [-0.2, -0.15) is 5.26 Å². The molecule has 4 rings (SSSR count). The van der Waals surface area contributed by atoms with E-state index in [4.69, 9.17) is 0 Å². The smallest absolute Gasteiger partial charge is 0.318 e. The molecule has 0 bridgehead atoms. The lowest BCUT2D eigenvalue weighted by molar-refractivity contribution is 0.190. The average Bonchev–Trinajstić information content (AvgIpc) is 3.33. The van der Waals surface area contributed by atoms with Crippen molar-refractivity contribution in [3.8, 4) is 17.2 Å². The summed E-state index contributed by atoms with van der Waals surface area (Å²) in [7, 11) is 0. The molecule has 6 heteroatoms. The van der Waals surface area contributed by atoms with Gasteiger partial charge in [-0.15, -0.1) is 0 Å². The highest BCUT2D eigenvalue weighted by Crippen LogP contribution is 2.29. The molecule has 2 saturated heterocycles. The van der Waals surface area contributed by atoms with E-state index >= 15 is 0 Å². The topological polar surface area (TPSA) is 59.4 Å². The molecule has 2 aromatic rings. The Balaban J connectivity index is 1.44. The van der Waals surface area contributed by atoms with Crippen LogP contribution >= 0.6 is 0 Å². The molecule has 0 aliphatic carbocycles. The zero-order valence-electron chi connectivity index (χ0n) is 16.5. The van der Waals surface area contributed by atoms with Gasteiger partial charge in [0.05, 0.1) is 17.8 Å². The number of nitrogens with one attached hydrogen (secondary N) is 1. The molecule has 2 aliphatic rings. The second-order valence-corrected chi connectivity index (χ2v) is 7.93. The Morgan fingerprint density at radius 3 is 2.66 bits per heavy atom. The molecule has 2 heterocycles. The third kappa shape index (κ3) is 4.04. The van der Waals surface area contributed by atoms with E-state index in [0.717, 1.165) is 29.8 Å². The molecule has 0 spiro atoms. The molecule has 2 aliphatic heterocycles. The molecular formula is C23H25FN4O. The van der Waals surface area contributed by atoms with Gasteiger partial charge in [0.25, 0.3) is 0 Å². The van der Waals surface area contributed by atoms with E-state index in [9.17, 15) is 14.4 Å². The molecule has 0 radical (unpaired) electrons. The van der Waals surface area contributed by atoms with Crippen molar-refractivity contribution < 1.29 is 9.18 Å². The Bertz CT molecular complexity index is 926. The number of alkyl halides is 1. The van der Waals surface area contributed by atoms with Gasteiger partial charge in [-0.3, -0.25) is 0 Å². The van der Waals surface area contributed by atoms with E-state index < -0.39 is 6.17 Å². The van der Waals surface area contributed by atoms with Gasteiger partial charge in [-0.05, 0) is 36.6 Å². The van der Waals surface area contributed by atoms with Gasteiger partial charge < -0.3 is 15.1 Å². The molecule has 2 fully saturated rings. The number of rotatable bonds is 3. The van der Waals surface area contributed by atoms with Gasteiger partial charge in [0.2, 0.25) is 0 Å². The standard InChI is InChI=1S/C23H25FN4O/c1-16-11-20(24)14-28(16)23(29)26-21-9-10-27(15-21)22-8-7-18(12-19(22)13-25)17-5-3-2-4-6-17/h2-8,12,16,20-21H,9-11,14-15H2,1H3,(H,26,29)/t16-,20+,21+/m1/s1. The van der Waals surface area contributed by atoms with E-state index in [-0.39, 0.29) is 24.7 Å². The maximum absolute atomic E-state index is 13.6. The van der Waals surface area contributed by atoms with Crippen LogP contribution in [0.25, 0.3) is 11.1 Å². The van der Waals surface area contributed by atoms with Crippen molar-refractivity contribution in [3.63, 3.8) is 0 Å². The first kappa shape index (κ1) is 19.3. The summed E-state index contributed by atoms with van der Waals surface area (Å²) in [6.07, 6.45) is 0.277. The molecule has 5 nitrogen and oxygen atoms in total. The highest BCUT2D eigenvalue weighted by molar-refractivity contribution is 5.76. The summed E-state index contributed by atoms with van der Waals surface area (Å²) in [5, 5.41) is 12.7. The van der Waals surface area contributed by atoms with Crippen molar-refractivity contribution in [1.82, 2.24) is 10.2 Å². The van der Waals surface area contributed by atoms with Gasteiger partial charge in [0, 0.05) is 31.6 Å². The second-order valence-electron chi connectivity index (χ2n) is 7.93. The van der Waals surface area contributed by atoms with Crippen LogP contribution in [0.1, 0.15) is 25.3 Å². The van der Waals surface area contributed by atoms with Crippen LogP contribution in [0, 0.1) is 11.3 Å². The number of carbonyl (C=O) groups is 1. The molecule has 29 heavy (non-hydrogen) atoms. The Labute approximate surface area is 170 Å². The number of amides is 2. The Kier molecular flexibility index (Phi) is 5.39. The molecule has 0 aromatic heterocycles. The first-order valence-corrected chi connectivity index (χ1v) is 10.1. The maximum Gasteiger partial charge on any atom is 0.318 e. The van der Waals surface area contributed by atoms with Crippen LogP contribution in [-0.2, 0) is 0 Å². The lowest BCUT2D eigenvalue weighted by atomic mass is 10.0. The van der Waals surface area contributed by atoms with E-state index in [2.05, 4.69) is 16.3 Å². The van der Waals surface area contributed by atoms with E-state index in [0.29, 0.717) is 18.5 Å². The molecule has 2 amide bonds. The SMILES string of the molecule is C[C@@H]1C[C@H](F)CN1C(=O)N[C@H]1CCN(c2ccc(-c3ccccc3)cc2C#N)C1. The van der Waals surface area contributed by atoms with Crippen molar-refractivity contribution in [3.05, 3.63) is 54.1 Å². The average molecular weight is 392 g/mol. The van der Waals surface area contributed by atoms with Crippen molar-refractivity contribution in [2.24, 2.45) is 0 Å². The molecule has 0 saturated carbocycles. The first-order valence-electron chi connectivity index (χ1n) is 10.1. The van der Waals surface area contributed by atoms with Crippen molar-refractivity contribution in [2.75, 3.05) is 24.5 Å². The minimum atomic E-state index is -0.933. The van der Waals surface area contributed by atoms with Crippen LogP contribution in [-0.4, -0.2) is 48.8 Å². The summed E-state index contributed by atoms with van der Waals surface area (Å²) in [6.45, 7) is 3.47. The third-order valence-corrected chi connectivity index (χ3v) is 5.87. The summed E-state index contributed by atoms with van der Waals surface area (Å²) in [5.74, 6) is 0.